The molecule has 212 valence electrons. The molecule has 9 N–H and O–H groups in total. The standard InChI is InChI=1S/C26H34N4O8S/c1-39-11-10-19(27)23(34)28-20(12-15-2-6-17(32)7-3-15)24(35)29-21(13-16-4-8-18(33)9-5-16)25(36)30-22(14-31)26(37)38/h2-9,19-22,31-33H,10-14,27H2,1H3,(H,28,34)(H,29,35)(H,30,36)(H,37,38). The van der Waals surface area contributed by atoms with Gasteiger partial charge in [-0.2, -0.15) is 11.8 Å². The molecule has 2 rings (SSSR count). The van der Waals surface area contributed by atoms with Crippen LogP contribution in [0.4, 0.5) is 0 Å². The van der Waals surface area contributed by atoms with Crippen molar-refractivity contribution in [1.29, 1.82) is 0 Å². The van der Waals surface area contributed by atoms with Crippen LogP contribution in [0.1, 0.15) is 17.5 Å². The number of rotatable bonds is 15. The normalized spacial score (nSPS) is 13.9. The molecule has 12 nitrogen and oxygen atoms in total. The molecule has 2 aromatic carbocycles. The molecule has 0 bridgehead atoms. The zero-order valence-corrected chi connectivity index (χ0v) is 22.2. The minimum atomic E-state index is -1.60. The molecule has 13 heteroatoms. The summed E-state index contributed by atoms with van der Waals surface area (Å²) in [6, 6.07) is 6.94. The number of aliphatic hydroxyl groups excluding tert-OH is 1. The van der Waals surface area contributed by atoms with Crippen LogP contribution in [0, 0.1) is 0 Å². The Kier molecular flexibility index (Phi) is 12.5. The van der Waals surface area contributed by atoms with E-state index >= 15 is 0 Å². The first-order chi connectivity index (χ1) is 18.5. The van der Waals surface area contributed by atoms with Crippen molar-refractivity contribution < 1.29 is 39.6 Å². The fraction of sp³-hybridized carbons (Fsp3) is 0.385. The fourth-order valence-corrected chi connectivity index (χ4v) is 4.03. The summed E-state index contributed by atoms with van der Waals surface area (Å²) in [6.45, 7) is -0.867. The lowest BCUT2D eigenvalue weighted by Gasteiger charge is -2.25. The molecule has 2 aromatic rings. The number of carboxylic acids is 1. The van der Waals surface area contributed by atoms with Crippen molar-refractivity contribution in [2.75, 3.05) is 18.6 Å². The van der Waals surface area contributed by atoms with E-state index in [0.717, 1.165) is 0 Å². The topological polar surface area (TPSA) is 211 Å². The van der Waals surface area contributed by atoms with Gasteiger partial charge in [0.15, 0.2) is 0 Å². The third-order valence-electron chi connectivity index (χ3n) is 5.79. The van der Waals surface area contributed by atoms with E-state index in [9.17, 15) is 39.6 Å². The highest BCUT2D eigenvalue weighted by atomic mass is 32.2. The van der Waals surface area contributed by atoms with Crippen molar-refractivity contribution in [1.82, 2.24) is 16.0 Å². The minimum absolute atomic E-state index is 0.00897. The lowest BCUT2D eigenvalue weighted by atomic mass is 10.0. The highest BCUT2D eigenvalue weighted by Crippen LogP contribution is 2.14. The van der Waals surface area contributed by atoms with E-state index in [4.69, 9.17) is 5.73 Å². The Hall–Kier alpha value is -3.81. The largest absolute Gasteiger partial charge is 0.508 e. The molecule has 0 aliphatic carbocycles. The summed E-state index contributed by atoms with van der Waals surface area (Å²) < 4.78 is 0. The lowest BCUT2D eigenvalue weighted by Crippen LogP contribution is -2.58. The van der Waals surface area contributed by atoms with E-state index < -0.39 is 54.5 Å². The number of nitrogens with two attached hydrogens (primary N) is 1. The van der Waals surface area contributed by atoms with Gasteiger partial charge < -0.3 is 42.1 Å². The summed E-state index contributed by atoms with van der Waals surface area (Å²) in [4.78, 5) is 50.5. The van der Waals surface area contributed by atoms with Crippen molar-refractivity contribution in [2.45, 2.75) is 43.4 Å². The number of hydrogen-bond acceptors (Lipinski definition) is 9. The van der Waals surface area contributed by atoms with Gasteiger partial charge in [0.05, 0.1) is 12.6 Å². The third-order valence-corrected chi connectivity index (χ3v) is 6.43. The van der Waals surface area contributed by atoms with Gasteiger partial charge in [0.2, 0.25) is 17.7 Å². The summed E-state index contributed by atoms with van der Waals surface area (Å²) in [7, 11) is 0. The van der Waals surface area contributed by atoms with Crippen LogP contribution in [-0.4, -0.2) is 86.9 Å². The number of phenols is 2. The lowest BCUT2D eigenvalue weighted by molar-refractivity contribution is -0.143. The third kappa shape index (κ3) is 10.5. The average Bonchev–Trinajstić information content (AvgIpc) is 2.91. The van der Waals surface area contributed by atoms with E-state index in [0.29, 0.717) is 23.3 Å². The molecule has 0 saturated carbocycles. The quantitative estimate of drug-likeness (QED) is 0.139. The average molecular weight is 563 g/mol. The van der Waals surface area contributed by atoms with E-state index in [1.54, 1.807) is 12.1 Å². The van der Waals surface area contributed by atoms with Crippen molar-refractivity contribution in [3.8, 4) is 11.5 Å². The van der Waals surface area contributed by atoms with E-state index in [1.807, 2.05) is 6.26 Å². The van der Waals surface area contributed by atoms with Crippen LogP contribution < -0.4 is 21.7 Å². The maximum absolute atomic E-state index is 13.4. The molecule has 0 aromatic heterocycles. The number of phenolic OH excluding ortho intramolecular Hbond substituents is 2. The summed E-state index contributed by atoms with van der Waals surface area (Å²) >= 11 is 1.52. The van der Waals surface area contributed by atoms with Crippen LogP contribution in [0.2, 0.25) is 0 Å². The predicted octanol–water partition coefficient (Wildman–Crippen LogP) is -0.505. The maximum atomic E-state index is 13.4. The van der Waals surface area contributed by atoms with Gasteiger partial charge in [0.1, 0.15) is 29.6 Å². The Balaban J connectivity index is 2.30. The molecule has 0 fully saturated rings. The first-order valence-electron chi connectivity index (χ1n) is 12.1. The van der Waals surface area contributed by atoms with Gasteiger partial charge in [-0.15, -0.1) is 0 Å². The fourth-order valence-electron chi connectivity index (χ4n) is 3.54. The van der Waals surface area contributed by atoms with Crippen LogP contribution in [0.3, 0.4) is 0 Å². The first-order valence-corrected chi connectivity index (χ1v) is 13.5. The highest BCUT2D eigenvalue weighted by Gasteiger charge is 2.30. The van der Waals surface area contributed by atoms with Gasteiger partial charge in [-0.05, 0) is 53.8 Å². The molecule has 0 saturated heterocycles. The van der Waals surface area contributed by atoms with E-state index in [1.165, 1.54) is 48.2 Å². The van der Waals surface area contributed by atoms with Gasteiger partial charge >= 0.3 is 5.97 Å². The molecule has 0 heterocycles. The molecule has 0 aliphatic heterocycles. The Morgan fingerprint density at radius 3 is 1.56 bits per heavy atom. The van der Waals surface area contributed by atoms with Crippen LogP contribution >= 0.6 is 11.8 Å². The molecular formula is C26H34N4O8S. The number of amides is 3. The molecule has 3 amide bonds. The second-order valence-corrected chi connectivity index (χ2v) is 9.82. The Bertz CT molecular complexity index is 1110. The minimum Gasteiger partial charge on any atom is -0.508 e. The number of nitrogens with one attached hydrogen (secondary N) is 3. The zero-order valence-electron chi connectivity index (χ0n) is 21.4. The highest BCUT2D eigenvalue weighted by molar-refractivity contribution is 7.98. The van der Waals surface area contributed by atoms with Crippen molar-refractivity contribution in [3.63, 3.8) is 0 Å². The van der Waals surface area contributed by atoms with Crippen molar-refractivity contribution in [3.05, 3.63) is 59.7 Å². The molecule has 4 unspecified atom stereocenters. The number of carbonyl (C=O) groups is 4. The number of aromatic hydroxyl groups is 2. The van der Waals surface area contributed by atoms with Gasteiger partial charge in [0, 0.05) is 12.8 Å². The van der Waals surface area contributed by atoms with E-state index in [2.05, 4.69) is 16.0 Å². The van der Waals surface area contributed by atoms with Gasteiger partial charge in [-0.25, -0.2) is 4.79 Å². The summed E-state index contributed by atoms with van der Waals surface area (Å²) in [5, 5.41) is 45.1. The van der Waals surface area contributed by atoms with Crippen LogP contribution in [-0.2, 0) is 32.0 Å². The van der Waals surface area contributed by atoms with Crippen LogP contribution in [0.15, 0.2) is 48.5 Å². The maximum Gasteiger partial charge on any atom is 0.328 e. The molecule has 0 radical (unpaired) electrons. The van der Waals surface area contributed by atoms with Crippen molar-refractivity contribution in [2.24, 2.45) is 5.73 Å². The molecule has 4 atom stereocenters. The summed E-state index contributed by atoms with van der Waals surface area (Å²) in [6.07, 6.45) is 2.18. The Labute approximate surface area is 230 Å². The second-order valence-electron chi connectivity index (χ2n) is 8.83. The number of carboxylic acid groups (broad SMARTS) is 1. The van der Waals surface area contributed by atoms with Gasteiger partial charge in [0.25, 0.3) is 0 Å². The molecular weight excluding hydrogens is 528 g/mol. The Morgan fingerprint density at radius 2 is 1.18 bits per heavy atom. The number of aliphatic carboxylic acids is 1. The zero-order chi connectivity index (χ0) is 28.9. The van der Waals surface area contributed by atoms with E-state index in [-0.39, 0.29) is 24.3 Å². The first kappa shape index (κ1) is 31.4. The summed E-state index contributed by atoms with van der Waals surface area (Å²) in [5.41, 5.74) is 7.13. The molecule has 0 spiro atoms. The van der Waals surface area contributed by atoms with Gasteiger partial charge in [-0.1, -0.05) is 24.3 Å². The Morgan fingerprint density at radius 1 is 0.769 bits per heavy atom. The predicted molar refractivity (Wildman–Crippen MR) is 145 cm³/mol. The van der Waals surface area contributed by atoms with Crippen LogP contribution in [0.25, 0.3) is 0 Å². The number of aliphatic hydroxyl groups is 1. The summed E-state index contributed by atoms with van der Waals surface area (Å²) in [5.74, 6) is -2.98. The second kappa shape index (κ2) is 15.6. The van der Waals surface area contributed by atoms with Crippen LogP contribution in [0.5, 0.6) is 11.5 Å². The number of benzene rings is 2. The number of carbonyl (C=O) groups excluding carboxylic acids is 3. The van der Waals surface area contributed by atoms with Gasteiger partial charge in [-0.3, -0.25) is 14.4 Å². The van der Waals surface area contributed by atoms with Crippen molar-refractivity contribution >= 4 is 35.5 Å². The smallest absolute Gasteiger partial charge is 0.328 e. The monoisotopic (exact) mass is 562 g/mol. The molecule has 39 heavy (non-hydrogen) atoms. The number of hydrogen-bond donors (Lipinski definition) is 8. The number of thioether (sulfide) groups is 1. The SMILES string of the molecule is CSCCC(N)C(=O)NC(Cc1ccc(O)cc1)C(=O)NC(Cc1ccc(O)cc1)C(=O)NC(CO)C(=O)O. The molecule has 0 aliphatic rings.